The second-order valence-corrected chi connectivity index (χ2v) is 7.29. The molecule has 0 atom stereocenters. The Morgan fingerprint density at radius 1 is 0.815 bits per heavy atom. The van der Waals surface area contributed by atoms with Gasteiger partial charge in [-0.25, -0.2) is 10.9 Å². The minimum atomic E-state index is -0.539. The minimum Gasteiger partial charge on any atom is -0.446 e. The van der Waals surface area contributed by atoms with Crippen LogP contribution in [-0.2, 0) is 0 Å². The summed E-state index contributed by atoms with van der Waals surface area (Å²) in [6.45, 7) is 3.59. The van der Waals surface area contributed by atoms with Crippen LogP contribution in [0.15, 0.2) is 61.8 Å². The Hall–Kier alpha value is -3.04. The van der Waals surface area contributed by atoms with Crippen LogP contribution in [0.4, 0.5) is 0 Å². The molecular formula is C18H16N4O3S2. The molecule has 138 valence electrons. The van der Waals surface area contributed by atoms with E-state index in [-0.39, 0.29) is 11.5 Å². The van der Waals surface area contributed by atoms with Gasteiger partial charge in [-0.15, -0.1) is 22.7 Å². The zero-order valence-corrected chi connectivity index (χ0v) is 16.2. The van der Waals surface area contributed by atoms with Gasteiger partial charge in [0.1, 0.15) is 0 Å². The van der Waals surface area contributed by atoms with E-state index in [1.807, 2.05) is 35.0 Å². The first-order valence-electron chi connectivity index (χ1n) is 7.91. The number of furan rings is 1. The van der Waals surface area contributed by atoms with Gasteiger partial charge in [0.05, 0.1) is 11.4 Å². The Morgan fingerprint density at radius 2 is 1.26 bits per heavy atom. The molecule has 0 unspecified atom stereocenters. The molecule has 0 radical (unpaired) electrons. The van der Waals surface area contributed by atoms with Crippen molar-refractivity contribution in [3.05, 3.63) is 68.4 Å². The van der Waals surface area contributed by atoms with E-state index < -0.39 is 11.8 Å². The Morgan fingerprint density at radius 3 is 1.63 bits per heavy atom. The number of hydrogen-bond donors (Lipinski definition) is 2. The van der Waals surface area contributed by atoms with Crippen LogP contribution in [0.2, 0.25) is 0 Å². The summed E-state index contributed by atoms with van der Waals surface area (Å²) >= 11 is 3.05. The monoisotopic (exact) mass is 400 g/mol. The van der Waals surface area contributed by atoms with Crippen molar-refractivity contribution in [3.8, 4) is 0 Å². The first-order valence-corrected chi connectivity index (χ1v) is 9.67. The number of hydrogen-bond acceptors (Lipinski definition) is 7. The van der Waals surface area contributed by atoms with E-state index in [0.29, 0.717) is 11.4 Å². The standard InChI is InChI=1S/C18H16N4O3S2/c1-11(15-5-3-9-26-15)19-21-17(23)13-7-8-14(25-13)18(24)22-20-12(2)16-6-4-10-27-16/h3-10H,1-2H3,(H,21,23)(H,22,24)/b19-11+,20-12+. The molecule has 9 heteroatoms. The van der Waals surface area contributed by atoms with Gasteiger partial charge in [-0.3, -0.25) is 9.59 Å². The average Bonchev–Trinajstić information content (AvgIpc) is 3.44. The second-order valence-electron chi connectivity index (χ2n) is 5.39. The predicted octanol–water partition coefficient (Wildman–Crippen LogP) is 3.71. The number of rotatable bonds is 6. The molecule has 0 saturated heterocycles. The molecule has 0 spiro atoms. The molecule has 0 aromatic carbocycles. The van der Waals surface area contributed by atoms with Crippen LogP contribution < -0.4 is 10.9 Å². The van der Waals surface area contributed by atoms with Crippen molar-refractivity contribution in [1.82, 2.24) is 10.9 Å². The van der Waals surface area contributed by atoms with Crippen LogP contribution in [0.5, 0.6) is 0 Å². The summed E-state index contributed by atoms with van der Waals surface area (Å²) in [5.74, 6) is -1.10. The number of carbonyl (C=O) groups excluding carboxylic acids is 2. The Labute approximate surface area is 163 Å². The molecule has 0 bridgehead atoms. The maximum absolute atomic E-state index is 12.1. The Kier molecular flexibility index (Phi) is 5.94. The van der Waals surface area contributed by atoms with Gasteiger partial charge in [0, 0.05) is 9.75 Å². The maximum atomic E-state index is 12.1. The third-order valence-electron chi connectivity index (χ3n) is 3.46. The van der Waals surface area contributed by atoms with Gasteiger partial charge < -0.3 is 4.42 Å². The number of nitrogens with one attached hydrogen (secondary N) is 2. The van der Waals surface area contributed by atoms with Gasteiger partial charge in [0.15, 0.2) is 11.5 Å². The number of hydrazone groups is 2. The van der Waals surface area contributed by atoms with Crippen molar-refractivity contribution in [3.63, 3.8) is 0 Å². The predicted molar refractivity (Wildman–Crippen MR) is 107 cm³/mol. The zero-order valence-electron chi connectivity index (χ0n) is 14.6. The summed E-state index contributed by atoms with van der Waals surface area (Å²) in [5, 5.41) is 11.9. The number of amides is 2. The van der Waals surface area contributed by atoms with Gasteiger partial charge in [-0.2, -0.15) is 10.2 Å². The first kappa shape index (κ1) is 18.7. The fraction of sp³-hybridized carbons (Fsp3) is 0.111. The van der Waals surface area contributed by atoms with E-state index in [4.69, 9.17) is 4.42 Å². The molecule has 3 aromatic heterocycles. The zero-order chi connectivity index (χ0) is 19.2. The Bertz CT molecular complexity index is 907. The lowest BCUT2D eigenvalue weighted by atomic mass is 10.3. The van der Waals surface area contributed by atoms with Crippen molar-refractivity contribution in [2.75, 3.05) is 0 Å². The van der Waals surface area contributed by atoms with E-state index in [1.165, 1.54) is 34.8 Å². The van der Waals surface area contributed by atoms with Gasteiger partial charge in [0.25, 0.3) is 0 Å². The molecular weight excluding hydrogens is 384 g/mol. The molecule has 3 rings (SSSR count). The fourth-order valence-electron chi connectivity index (χ4n) is 2.04. The van der Waals surface area contributed by atoms with Crippen molar-refractivity contribution in [2.45, 2.75) is 13.8 Å². The molecule has 0 fully saturated rings. The minimum absolute atomic E-state index is 0.0122. The van der Waals surface area contributed by atoms with Crippen molar-refractivity contribution in [1.29, 1.82) is 0 Å². The van der Waals surface area contributed by atoms with Crippen molar-refractivity contribution < 1.29 is 14.0 Å². The van der Waals surface area contributed by atoms with Crippen LogP contribution >= 0.6 is 22.7 Å². The van der Waals surface area contributed by atoms with E-state index in [0.717, 1.165) is 9.75 Å². The lowest BCUT2D eigenvalue weighted by Crippen LogP contribution is -2.20. The quantitative estimate of drug-likeness (QED) is 0.488. The number of nitrogens with zero attached hydrogens (tertiary/aromatic N) is 2. The fourth-order valence-corrected chi connectivity index (χ4v) is 3.39. The molecule has 0 aliphatic heterocycles. The highest BCUT2D eigenvalue weighted by Gasteiger charge is 2.15. The molecule has 27 heavy (non-hydrogen) atoms. The SMILES string of the molecule is C/C(=N\NC(=O)c1ccc(C(=O)N/N=C(\C)c2cccs2)o1)c1cccs1. The van der Waals surface area contributed by atoms with E-state index in [9.17, 15) is 9.59 Å². The van der Waals surface area contributed by atoms with Crippen molar-refractivity contribution in [2.24, 2.45) is 10.2 Å². The lowest BCUT2D eigenvalue weighted by molar-refractivity contribution is 0.0902. The van der Waals surface area contributed by atoms with Crippen LogP contribution in [0.25, 0.3) is 0 Å². The van der Waals surface area contributed by atoms with E-state index in [1.54, 1.807) is 13.8 Å². The van der Waals surface area contributed by atoms with Gasteiger partial charge in [0.2, 0.25) is 0 Å². The number of thiophene rings is 2. The van der Waals surface area contributed by atoms with Crippen molar-refractivity contribution >= 4 is 45.9 Å². The maximum Gasteiger partial charge on any atom is 0.307 e. The molecule has 3 aromatic rings. The van der Waals surface area contributed by atoms with E-state index in [2.05, 4.69) is 21.1 Å². The summed E-state index contributed by atoms with van der Waals surface area (Å²) in [5.41, 5.74) is 6.19. The molecule has 2 amide bonds. The van der Waals surface area contributed by atoms with Gasteiger partial charge >= 0.3 is 11.8 Å². The molecule has 0 saturated carbocycles. The normalized spacial score (nSPS) is 12.1. The summed E-state index contributed by atoms with van der Waals surface area (Å²) in [6.07, 6.45) is 0. The summed E-state index contributed by atoms with van der Waals surface area (Å²) in [7, 11) is 0. The van der Waals surface area contributed by atoms with Crippen LogP contribution in [-0.4, -0.2) is 23.2 Å². The average molecular weight is 400 g/mol. The molecule has 7 nitrogen and oxygen atoms in total. The van der Waals surface area contributed by atoms with Crippen LogP contribution in [0.1, 0.15) is 44.7 Å². The number of carbonyl (C=O) groups is 2. The summed E-state index contributed by atoms with van der Waals surface area (Å²) < 4.78 is 5.30. The van der Waals surface area contributed by atoms with E-state index >= 15 is 0 Å². The van der Waals surface area contributed by atoms with Crippen LogP contribution in [0, 0.1) is 0 Å². The third-order valence-corrected chi connectivity index (χ3v) is 5.42. The molecule has 3 heterocycles. The molecule has 2 N–H and O–H groups in total. The molecule has 0 aliphatic carbocycles. The first-order chi connectivity index (χ1) is 13.0. The van der Waals surface area contributed by atoms with Gasteiger partial charge in [-0.1, -0.05) is 12.1 Å². The highest BCUT2D eigenvalue weighted by Crippen LogP contribution is 2.11. The Balaban J connectivity index is 1.60. The highest BCUT2D eigenvalue weighted by molar-refractivity contribution is 7.12. The molecule has 0 aliphatic rings. The lowest BCUT2D eigenvalue weighted by Gasteiger charge is -2.00. The summed E-state index contributed by atoms with van der Waals surface area (Å²) in [4.78, 5) is 26.1. The third kappa shape index (κ3) is 4.78. The highest BCUT2D eigenvalue weighted by atomic mass is 32.1. The largest absolute Gasteiger partial charge is 0.446 e. The van der Waals surface area contributed by atoms with Gasteiger partial charge in [-0.05, 0) is 48.9 Å². The summed E-state index contributed by atoms with van der Waals surface area (Å²) in [6, 6.07) is 10.4. The van der Waals surface area contributed by atoms with Crippen LogP contribution in [0.3, 0.4) is 0 Å². The topological polar surface area (TPSA) is 96.1 Å². The second kappa shape index (κ2) is 8.56. The smallest absolute Gasteiger partial charge is 0.307 e.